The second kappa shape index (κ2) is 7.20. The normalized spacial score (nSPS) is 19.2. The predicted molar refractivity (Wildman–Crippen MR) is 88.5 cm³/mol. The summed E-state index contributed by atoms with van der Waals surface area (Å²) in [6.07, 6.45) is 3.43. The number of carbonyl (C=O) groups is 1. The molecule has 2 aromatic heterocycles. The van der Waals surface area contributed by atoms with Crippen LogP contribution in [-0.4, -0.2) is 51.8 Å². The number of nitrogens with zero attached hydrogens (tertiary/aromatic N) is 4. The quantitative estimate of drug-likeness (QED) is 0.904. The molecule has 0 aliphatic carbocycles. The number of morpholine rings is 1. The van der Waals surface area contributed by atoms with Crippen LogP contribution in [0, 0.1) is 0 Å². The van der Waals surface area contributed by atoms with Crippen LogP contribution in [0.5, 0.6) is 0 Å². The first-order chi connectivity index (χ1) is 11.1. The van der Waals surface area contributed by atoms with E-state index in [1.165, 1.54) is 0 Å². The zero-order valence-electron chi connectivity index (χ0n) is 13.3. The van der Waals surface area contributed by atoms with E-state index in [9.17, 15) is 4.79 Å². The largest absolute Gasteiger partial charge is 0.368 e. The molecule has 1 amide bonds. The van der Waals surface area contributed by atoms with Gasteiger partial charge in [-0.05, 0) is 13.8 Å². The summed E-state index contributed by atoms with van der Waals surface area (Å²) in [6.45, 7) is 6.45. The van der Waals surface area contributed by atoms with Crippen LogP contribution in [0.2, 0.25) is 0 Å². The van der Waals surface area contributed by atoms with Gasteiger partial charge in [0.25, 0.3) is 0 Å². The summed E-state index contributed by atoms with van der Waals surface area (Å²) < 4.78 is 7.55. The molecule has 3 heterocycles. The summed E-state index contributed by atoms with van der Waals surface area (Å²) in [6, 6.07) is 2.02. The lowest BCUT2D eigenvalue weighted by Crippen LogP contribution is -2.42. The average molecular weight is 335 g/mol. The maximum Gasteiger partial charge on any atom is 0.239 e. The third kappa shape index (κ3) is 3.95. The Labute approximate surface area is 139 Å². The topological polar surface area (TPSA) is 72.3 Å². The number of nitrogens with one attached hydrogen (secondary N) is 1. The van der Waals surface area contributed by atoms with E-state index in [0.29, 0.717) is 19.7 Å². The number of amides is 1. The first-order valence-corrected chi connectivity index (χ1v) is 8.58. The average Bonchev–Trinajstić information content (AvgIpc) is 3.18. The van der Waals surface area contributed by atoms with E-state index in [1.54, 1.807) is 28.4 Å². The van der Waals surface area contributed by atoms with Crippen molar-refractivity contribution in [2.45, 2.75) is 26.0 Å². The molecular weight excluding hydrogens is 314 g/mol. The number of ether oxygens (including phenoxy) is 1. The molecular formula is C15H21N5O2S. The third-order valence-electron chi connectivity index (χ3n) is 3.67. The maximum atomic E-state index is 12.3. The first kappa shape index (κ1) is 16.1. The lowest BCUT2D eigenvalue weighted by atomic mass is 10.3. The highest BCUT2D eigenvalue weighted by atomic mass is 32.1. The third-order valence-corrected chi connectivity index (χ3v) is 4.54. The van der Waals surface area contributed by atoms with Gasteiger partial charge in [-0.15, -0.1) is 11.3 Å². The fourth-order valence-electron chi connectivity index (χ4n) is 2.60. The molecule has 1 saturated heterocycles. The molecule has 124 valence electrons. The Hall–Kier alpha value is -1.77. The molecule has 1 fully saturated rings. The number of hydrogen-bond donors (Lipinski definition) is 1. The molecule has 3 rings (SSSR count). The first-order valence-electron chi connectivity index (χ1n) is 7.70. The summed E-state index contributed by atoms with van der Waals surface area (Å²) >= 11 is 1.58. The Kier molecular flexibility index (Phi) is 5.04. The van der Waals surface area contributed by atoms with E-state index < -0.39 is 0 Å². The van der Waals surface area contributed by atoms with Crippen molar-refractivity contribution in [2.24, 2.45) is 0 Å². The molecule has 0 radical (unpaired) electrons. The molecule has 0 spiro atoms. The summed E-state index contributed by atoms with van der Waals surface area (Å²) in [5.41, 5.74) is 0. The summed E-state index contributed by atoms with van der Waals surface area (Å²) in [5, 5.41) is 10.1. The van der Waals surface area contributed by atoms with E-state index in [-0.39, 0.29) is 18.1 Å². The highest BCUT2D eigenvalue weighted by Crippen LogP contribution is 2.23. The molecule has 0 bridgehead atoms. The fourth-order valence-corrected chi connectivity index (χ4v) is 3.28. The molecule has 8 heteroatoms. The molecule has 1 aliphatic heterocycles. The molecule has 7 nitrogen and oxygen atoms in total. The van der Waals surface area contributed by atoms with Gasteiger partial charge in [-0.2, -0.15) is 5.10 Å². The molecule has 1 N–H and O–H groups in total. The summed E-state index contributed by atoms with van der Waals surface area (Å²) in [7, 11) is 0. The van der Waals surface area contributed by atoms with E-state index in [2.05, 4.69) is 20.3 Å². The van der Waals surface area contributed by atoms with Crippen LogP contribution in [0.3, 0.4) is 0 Å². The standard InChI is InChI=1S/C15H21N5O2S/c1-11(2)20-13(3-4-17-20)18-14(21)10-19-6-7-22-12(9-19)15-16-5-8-23-15/h3-5,8,11-12H,6-7,9-10H2,1-2H3,(H,18,21)/t12-/m0/s1. The SMILES string of the molecule is CC(C)n1nccc1NC(=O)CN1CCO[C@H](c2nccs2)C1. The lowest BCUT2D eigenvalue weighted by molar-refractivity contribution is -0.119. The van der Waals surface area contributed by atoms with Crippen molar-refractivity contribution in [3.63, 3.8) is 0 Å². The van der Waals surface area contributed by atoms with Gasteiger partial charge < -0.3 is 10.1 Å². The van der Waals surface area contributed by atoms with Gasteiger partial charge in [0.2, 0.25) is 5.91 Å². The van der Waals surface area contributed by atoms with E-state index >= 15 is 0 Å². The second-order valence-corrected chi connectivity index (χ2v) is 6.69. The molecule has 2 aromatic rings. The van der Waals surface area contributed by atoms with Crippen molar-refractivity contribution < 1.29 is 9.53 Å². The fraction of sp³-hybridized carbons (Fsp3) is 0.533. The van der Waals surface area contributed by atoms with Crippen LogP contribution < -0.4 is 5.32 Å². The Balaban J connectivity index is 1.56. The number of thiazole rings is 1. The van der Waals surface area contributed by atoms with Gasteiger partial charge in [-0.25, -0.2) is 9.67 Å². The predicted octanol–water partition coefficient (Wildman–Crippen LogP) is 1.93. The van der Waals surface area contributed by atoms with Crippen LogP contribution in [0.25, 0.3) is 0 Å². The van der Waals surface area contributed by atoms with Gasteiger partial charge in [-0.3, -0.25) is 9.69 Å². The van der Waals surface area contributed by atoms with Crippen LogP contribution in [-0.2, 0) is 9.53 Å². The van der Waals surface area contributed by atoms with Gasteiger partial charge >= 0.3 is 0 Å². The van der Waals surface area contributed by atoms with Crippen molar-refractivity contribution in [3.05, 3.63) is 28.8 Å². The molecule has 0 aromatic carbocycles. The van der Waals surface area contributed by atoms with Gasteiger partial charge in [-0.1, -0.05) is 0 Å². The van der Waals surface area contributed by atoms with Crippen molar-refractivity contribution in [1.29, 1.82) is 0 Å². The highest BCUT2D eigenvalue weighted by Gasteiger charge is 2.25. The summed E-state index contributed by atoms with van der Waals surface area (Å²) in [4.78, 5) is 18.7. The second-order valence-electron chi connectivity index (χ2n) is 5.77. The number of aromatic nitrogens is 3. The summed E-state index contributed by atoms with van der Waals surface area (Å²) in [5.74, 6) is 0.696. The van der Waals surface area contributed by atoms with Gasteiger partial charge in [0.15, 0.2) is 0 Å². The van der Waals surface area contributed by atoms with Gasteiger partial charge in [0.1, 0.15) is 16.9 Å². The van der Waals surface area contributed by atoms with Gasteiger partial charge in [0, 0.05) is 36.8 Å². The number of rotatable bonds is 5. The zero-order valence-corrected chi connectivity index (χ0v) is 14.1. The van der Waals surface area contributed by atoms with E-state index in [4.69, 9.17) is 4.74 Å². The van der Waals surface area contributed by atoms with Crippen LogP contribution >= 0.6 is 11.3 Å². The monoisotopic (exact) mass is 335 g/mol. The number of hydrogen-bond acceptors (Lipinski definition) is 6. The van der Waals surface area contributed by atoms with Crippen LogP contribution in [0.4, 0.5) is 5.82 Å². The molecule has 1 atom stereocenters. The van der Waals surface area contributed by atoms with Gasteiger partial charge in [0.05, 0.1) is 19.3 Å². The zero-order chi connectivity index (χ0) is 16.2. The van der Waals surface area contributed by atoms with Crippen molar-refractivity contribution in [2.75, 3.05) is 31.6 Å². The minimum absolute atomic E-state index is 0.0350. The Morgan fingerprint density at radius 3 is 3.13 bits per heavy atom. The number of carbonyl (C=O) groups excluding carboxylic acids is 1. The highest BCUT2D eigenvalue weighted by molar-refractivity contribution is 7.09. The van der Waals surface area contributed by atoms with Crippen molar-refractivity contribution in [1.82, 2.24) is 19.7 Å². The molecule has 1 aliphatic rings. The van der Waals surface area contributed by atoms with Crippen LogP contribution in [0.1, 0.15) is 31.0 Å². The minimum Gasteiger partial charge on any atom is -0.368 e. The lowest BCUT2D eigenvalue weighted by Gasteiger charge is -2.31. The molecule has 23 heavy (non-hydrogen) atoms. The Morgan fingerprint density at radius 1 is 1.52 bits per heavy atom. The van der Waals surface area contributed by atoms with E-state index in [1.807, 2.05) is 25.3 Å². The smallest absolute Gasteiger partial charge is 0.239 e. The van der Waals surface area contributed by atoms with Crippen molar-refractivity contribution >= 4 is 23.1 Å². The Bertz CT molecular complexity index is 640. The Morgan fingerprint density at radius 2 is 2.39 bits per heavy atom. The van der Waals surface area contributed by atoms with Crippen molar-refractivity contribution in [3.8, 4) is 0 Å². The maximum absolute atomic E-state index is 12.3. The van der Waals surface area contributed by atoms with E-state index in [0.717, 1.165) is 17.4 Å². The molecule has 0 saturated carbocycles. The van der Waals surface area contributed by atoms with Crippen LogP contribution in [0.15, 0.2) is 23.8 Å². The molecule has 0 unspecified atom stereocenters. The minimum atomic E-state index is -0.0438. The number of anilines is 1.